The molecule has 2 fully saturated rings. The molecule has 0 bridgehead atoms. The molecule has 86 valence electrons. The largest absolute Gasteiger partial charge is 0.341 e. The summed E-state index contributed by atoms with van der Waals surface area (Å²) in [5, 5.41) is 0. The molecule has 0 aromatic rings. The summed E-state index contributed by atoms with van der Waals surface area (Å²) in [6.45, 7) is 4.35. The van der Waals surface area contributed by atoms with E-state index in [1.807, 2.05) is 4.90 Å². The maximum absolute atomic E-state index is 11.7. The van der Waals surface area contributed by atoms with Gasteiger partial charge in [0.1, 0.15) is 0 Å². The molecule has 1 saturated heterocycles. The third-order valence-electron chi connectivity index (χ3n) is 3.92. The SMILES string of the molecule is C[C@H](N)C(=O)N1CCC2(CC(CN)C2)C1. The van der Waals surface area contributed by atoms with Crippen LogP contribution in [0.5, 0.6) is 0 Å². The minimum Gasteiger partial charge on any atom is -0.341 e. The molecule has 4 heteroatoms. The Labute approximate surface area is 91.0 Å². The highest BCUT2D eigenvalue weighted by molar-refractivity contribution is 5.81. The summed E-state index contributed by atoms with van der Waals surface area (Å²) in [5.74, 6) is 0.790. The van der Waals surface area contributed by atoms with E-state index in [1.54, 1.807) is 6.92 Å². The summed E-state index contributed by atoms with van der Waals surface area (Å²) in [5.41, 5.74) is 11.6. The second-order valence-corrected chi connectivity index (χ2v) is 5.31. The number of likely N-dealkylation sites (tertiary alicyclic amines) is 1. The summed E-state index contributed by atoms with van der Waals surface area (Å²) in [7, 11) is 0. The average molecular weight is 211 g/mol. The molecule has 4 nitrogen and oxygen atoms in total. The van der Waals surface area contributed by atoms with Gasteiger partial charge in [-0.15, -0.1) is 0 Å². The maximum Gasteiger partial charge on any atom is 0.239 e. The van der Waals surface area contributed by atoms with Gasteiger partial charge in [0.25, 0.3) is 0 Å². The second kappa shape index (κ2) is 3.76. The highest BCUT2D eigenvalue weighted by atomic mass is 16.2. The zero-order valence-electron chi connectivity index (χ0n) is 9.41. The minimum absolute atomic E-state index is 0.100. The lowest BCUT2D eigenvalue weighted by atomic mass is 9.61. The van der Waals surface area contributed by atoms with Gasteiger partial charge in [0.15, 0.2) is 0 Å². The normalized spacial score (nSPS) is 36.7. The summed E-state index contributed by atoms with van der Waals surface area (Å²) in [4.78, 5) is 13.6. The van der Waals surface area contributed by atoms with Crippen molar-refractivity contribution in [2.75, 3.05) is 19.6 Å². The van der Waals surface area contributed by atoms with Gasteiger partial charge < -0.3 is 16.4 Å². The number of rotatable bonds is 2. The molecule has 1 saturated carbocycles. The Morgan fingerprint density at radius 2 is 2.27 bits per heavy atom. The van der Waals surface area contributed by atoms with E-state index >= 15 is 0 Å². The van der Waals surface area contributed by atoms with Gasteiger partial charge in [-0.25, -0.2) is 0 Å². The van der Waals surface area contributed by atoms with Crippen LogP contribution in [0.15, 0.2) is 0 Å². The third kappa shape index (κ3) is 1.88. The molecule has 1 heterocycles. The number of nitrogens with zero attached hydrogens (tertiary/aromatic N) is 1. The standard InChI is InChI=1S/C11H21N3O/c1-8(13)10(15)14-3-2-11(7-14)4-9(5-11)6-12/h8-9H,2-7,12-13H2,1H3/t8-,9?,11?/m0/s1. The van der Waals surface area contributed by atoms with Crippen LogP contribution < -0.4 is 11.5 Å². The number of carbonyl (C=O) groups excluding carboxylic acids is 1. The van der Waals surface area contributed by atoms with Gasteiger partial charge in [-0.2, -0.15) is 0 Å². The zero-order valence-corrected chi connectivity index (χ0v) is 9.41. The van der Waals surface area contributed by atoms with Crippen LogP contribution in [0.3, 0.4) is 0 Å². The van der Waals surface area contributed by atoms with Crippen molar-refractivity contribution in [3.05, 3.63) is 0 Å². The van der Waals surface area contributed by atoms with Crippen molar-refractivity contribution >= 4 is 5.91 Å². The van der Waals surface area contributed by atoms with Crippen LogP contribution in [-0.2, 0) is 4.79 Å². The number of amides is 1. The van der Waals surface area contributed by atoms with Crippen molar-refractivity contribution in [3.8, 4) is 0 Å². The fourth-order valence-electron chi connectivity index (χ4n) is 3.08. The van der Waals surface area contributed by atoms with E-state index in [2.05, 4.69) is 0 Å². The summed E-state index contributed by atoms with van der Waals surface area (Å²) in [6.07, 6.45) is 3.54. The van der Waals surface area contributed by atoms with E-state index < -0.39 is 0 Å². The van der Waals surface area contributed by atoms with Crippen LogP contribution in [-0.4, -0.2) is 36.5 Å². The molecule has 0 aromatic heterocycles. The summed E-state index contributed by atoms with van der Waals surface area (Å²) in [6, 6.07) is -0.356. The van der Waals surface area contributed by atoms with Crippen molar-refractivity contribution in [2.24, 2.45) is 22.8 Å². The fraction of sp³-hybridized carbons (Fsp3) is 0.909. The molecule has 4 N–H and O–H groups in total. The van der Waals surface area contributed by atoms with Crippen LogP contribution in [0.1, 0.15) is 26.2 Å². The van der Waals surface area contributed by atoms with Crippen LogP contribution in [0.2, 0.25) is 0 Å². The molecule has 1 amide bonds. The molecule has 1 atom stereocenters. The first-order valence-electron chi connectivity index (χ1n) is 5.81. The lowest BCUT2D eigenvalue weighted by Crippen LogP contribution is -2.46. The van der Waals surface area contributed by atoms with Crippen LogP contribution in [0.25, 0.3) is 0 Å². The molecule has 2 aliphatic rings. The predicted molar refractivity (Wildman–Crippen MR) is 59.1 cm³/mol. The van der Waals surface area contributed by atoms with Gasteiger partial charge in [0, 0.05) is 13.1 Å². The molecule has 0 aromatic carbocycles. The third-order valence-corrected chi connectivity index (χ3v) is 3.92. The maximum atomic E-state index is 11.7. The Kier molecular flexibility index (Phi) is 2.73. The van der Waals surface area contributed by atoms with Gasteiger partial charge in [-0.1, -0.05) is 0 Å². The first kappa shape index (κ1) is 10.9. The molecule has 1 aliphatic heterocycles. The van der Waals surface area contributed by atoms with Gasteiger partial charge in [-0.05, 0) is 44.1 Å². The molecule has 0 radical (unpaired) electrons. The Hall–Kier alpha value is -0.610. The second-order valence-electron chi connectivity index (χ2n) is 5.31. The number of carbonyl (C=O) groups is 1. The van der Waals surface area contributed by atoms with E-state index in [9.17, 15) is 4.79 Å². The molecular weight excluding hydrogens is 190 g/mol. The molecule has 1 aliphatic carbocycles. The first-order chi connectivity index (χ1) is 7.06. The molecule has 2 rings (SSSR count). The molecule has 0 unspecified atom stereocenters. The quantitative estimate of drug-likeness (QED) is 0.671. The van der Waals surface area contributed by atoms with Crippen molar-refractivity contribution in [1.82, 2.24) is 4.90 Å². The van der Waals surface area contributed by atoms with Gasteiger partial charge in [-0.3, -0.25) is 4.79 Å². The van der Waals surface area contributed by atoms with Crippen LogP contribution in [0.4, 0.5) is 0 Å². The lowest BCUT2D eigenvalue weighted by molar-refractivity contribution is -0.132. The Morgan fingerprint density at radius 3 is 2.80 bits per heavy atom. The van der Waals surface area contributed by atoms with Crippen molar-refractivity contribution in [1.29, 1.82) is 0 Å². The zero-order chi connectivity index (χ0) is 11.1. The number of nitrogens with two attached hydrogens (primary N) is 2. The molecular formula is C11H21N3O. The number of hydrogen-bond acceptors (Lipinski definition) is 3. The van der Waals surface area contributed by atoms with E-state index in [4.69, 9.17) is 11.5 Å². The molecule has 1 spiro atoms. The van der Waals surface area contributed by atoms with Gasteiger partial charge >= 0.3 is 0 Å². The summed E-state index contributed by atoms with van der Waals surface area (Å²) < 4.78 is 0. The van der Waals surface area contributed by atoms with E-state index in [1.165, 1.54) is 12.8 Å². The van der Waals surface area contributed by atoms with Gasteiger partial charge in [0.05, 0.1) is 6.04 Å². The summed E-state index contributed by atoms with van der Waals surface area (Å²) >= 11 is 0. The van der Waals surface area contributed by atoms with Crippen molar-refractivity contribution < 1.29 is 4.79 Å². The Morgan fingerprint density at radius 1 is 1.60 bits per heavy atom. The highest BCUT2D eigenvalue weighted by Gasteiger charge is 2.48. The number of hydrogen-bond donors (Lipinski definition) is 2. The minimum atomic E-state index is -0.356. The predicted octanol–water partition coefficient (Wildman–Crippen LogP) is -0.0790. The van der Waals surface area contributed by atoms with Gasteiger partial charge in [0.2, 0.25) is 5.91 Å². The smallest absolute Gasteiger partial charge is 0.239 e. The first-order valence-corrected chi connectivity index (χ1v) is 5.81. The Bertz CT molecular complexity index is 259. The monoisotopic (exact) mass is 211 g/mol. The highest BCUT2D eigenvalue weighted by Crippen LogP contribution is 2.51. The average Bonchev–Trinajstić information content (AvgIpc) is 2.58. The van der Waals surface area contributed by atoms with E-state index in [0.29, 0.717) is 11.3 Å². The van der Waals surface area contributed by atoms with Crippen LogP contribution in [0, 0.1) is 11.3 Å². The van der Waals surface area contributed by atoms with Crippen molar-refractivity contribution in [2.45, 2.75) is 32.2 Å². The van der Waals surface area contributed by atoms with Crippen LogP contribution >= 0.6 is 0 Å². The van der Waals surface area contributed by atoms with E-state index in [-0.39, 0.29) is 11.9 Å². The molecule has 15 heavy (non-hydrogen) atoms. The topological polar surface area (TPSA) is 72.4 Å². The Balaban J connectivity index is 1.88. The van der Waals surface area contributed by atoms with Crippen molar-refractivity contribution in [3.63, 3.8) is 0 Å². The fourth-order valence-corrected chi connectivity index (χ4v) is 3.08. The van der Waals surface area contributed by atoms with E-state index in [0.717, 1.165) is 26.1 Å². The lowest BCUT2D eigenvalue weighted by Gasteiger charge is -2.44.